The van der Waals surface area contributed by atoms with Crippen LogP contribution < -0.4 is 16.6 Å². The molecule has 0 radical (unpaired) electrons. The van der Waals surface area contributed by atoms with E-state index in [1.807, 2.05) is 0 Å². The third-order valence-corrected chi connectivity index (χ3v) is 4.44. The minimum Gasteiger partial charge on any atom is -0.292 e. The van der Waals surface area contributed by atoms with Crippen LogP contribution in [0.15, 0.2) is 15.7 Å². The van der Waals surface area contributed by atoms with Crippen molar-refractivity contribution in [3.63, 3.8) is 0 Å². The quantitative estimate of drug-likeness (QED) is 0.835. The molecular formula is C16H16F3N5O3. The van der Waals surface area contributed by atoms with E-state index in [9.17, 15) is 27.6 Å². The minimum absolute atomic E-state index is 0.0488. The molecule has 2 aromatic heterocycles. The summed E-state index contributed by atoms with van der Waals surface area (Å²) in [6.07, 6.45) is -2.80. The average molecular weight is 383 g/mol. The molecule has 1 amide bonds. The molecule has 0 saturated carbocycles. The lowest BCUT2D eigenvalue weighted by molar-refractivity contribution is -0.142. The maximum Gasteiger partial charge on any atom is 0.433 e. The number of rotatable bonds is 2. The summed E-state index contributed by atoms with van der Waals surface area (Å²) in [5, 5.41) is 2.17. The standard InChI is InChI=1S/C16H16F3N5O3/c1-23-10(7-11(25)24(2)15(23)27)13(26)22-14-20-9-6-4-3-5-8(9)12(21-14)16(17,18)19/h7H,3-6H2,1-2H3,(H,20,21,22,26). The summed E-state index contributed by atoms with van der Waals surface area (Å²) in [7, 11) is 2.51. The molecule has 1 aliphatic rings. The largest absolute Gasteiger partial charge is 0.433 e. The van der Waals surface area contributed by atoms with E-state index in [1.165, 1.54) is 14.1 Å². The zero-order chi connectivity index (χ0) is 19.9. The fourth-order valence-corrected chi connectivity index (χ4v) is 3.00. The molecule has 27 heavy (non-hydrogen) atoms. The Morgan fingerprint density at radius 2 is 1.78 bits per heavy atom. The normalized spacial score (nSPS) is 14.0. The van der Waals surface area contributed by atoms with E-state index in [2.05, 4.69) is 15.3 Å². The van der Waals surface area contributed by atoms with Gasteiger partial charge in [-0.3, -0.25) is 24.0 Å². The number of carbonyl (C=O) groups is 1. The summed E-state index contributed by atoms with van der Waals surface area (Å²) in [6.45, 7) is 0. The molecule has 11 heteroatoms. The molecule has 1 aliphatic carbocycles. The Labute approximate surface area is 150 Å². The Morgan fingerprint density at radius 1 is 1.11 bits per heavy atom. The molecule has 2 heterocycles. The third kappa shape index (κ3) is 3.49. The van der Waals surface area contributed by atoms with Crippen molar-refractivity contribution in [2.45, 2.75) is 31.9 Å². The maximum atomic E-state index is 13.3. The molecule has 8 nitrogen and oxygen atoms in total. The topological polar surface area (TPSA) is 98.9 Å². The van der Waals surface area contributed by atoms with Crippen molar-refractivity contribution in [1.82, 2.24) is 19.1 Å². The van der Waals surface area contributed by atoms with Gasteiger partial charge in [0.15, 0.2) is 5.69 Å². The highest BCUT2D eigenvalue weighted by Gasteiger charge is 2.38. The van der Waals surface area contributed by atoms with Gasteiger partial charge in [0.05, 0.1) is 0 Å². The molecule has 0 spiro atoms. The van der Waals surface area contributed by atoms with Gasteiger partial charge >= 0.3 is 11.9 Å². The number of aromatic nitrogens is 4. The van der Waals surface area contributed by atoms with Crippen LogP contribution in [0.1, 0.15) is 40.3 Å². The summed E-state index contributed by atoms with van der Waals surface area (Å²) < 4.78 is 41.7. The van der Waals surface area contributed by atoms with Crippen molar-refractivity contribution in [1.29, 1.82) is 0 Å². The van der Waals surface area contributed by atoms with Crippen molar-refractivity contribution in [3.05, 3.63) is 49.5 Å². The van der Waals surface area contributed by atoms with Crippen LogP contribution in [0, 0.1) is 0 Å². The van der Waals surface area contributed by atoms with Crippen molar-refractivity contribution in [2.75, 3.05) is 5.32 Å². The molecule has 144 valence electrons. The number of anilines is 1. The second-order valence-electron chi connectivity index (χ2n) is 6.25. The molecule has 3 rings (SSSR count). The number of amides is 1. The first-order valence-electron chi connectivity index (χ1n) is 8.15. The van der Waals surface area contributed by atoms with Gasteiger partial charge < -0.3 is 0 Å². The number of nitrogens with zero attached hydrogens (tertiary/aromatic N) is 4. The smallest absolute Gasteiger partial charge is 0.292 e. The summed E-state index contributed by atoms with van der Waals surface area (Å²) in [4.78, 5) is 43.6. The Hall–Kier alpha value is -2.98. The van der Waals surface area contributed by atoms with Gasteiger partial charge in [0.1, 0.15) is 5.69 Å². The highest BCUT2D eigenvalue weighted by atomic mass is 19.4. The first-order valence-corrected chi connectivity index (χ1v) is 8.15. The monoisotopic (exact) mass is 383 g/mol. The first-order chi connectivity index (χ1) is 12.6. The number of fused-ring (bicyclic) bond motifs is 1. The Kier molecular flexibility index (Phi) is 4.62. The summed E-state index contributed by atoms with van der Waals surface area (Å²) >= 11 is 0. The van der Waals surface area contributed by atoms with Crippen molar-refractivity contribution in [3.8, 4) is 0 Å². The Bertz CT molecular complexity index is 1040. The van der Waals surface area contributed by atoms with Gasteiger partial charge in [-0.15, -0.1) is 0 Å². The molecule has 0 aromatic carbocycles. The molecule has 0 saturated heterocycles. The number of carbonyl (C=O) groups excluding carboxylic acids is 1. The van der Waals surface area contributed by atoms with Gasteiger partial charge in [0, 0.05) is 31.4 Å². The van der Waals surface area contributed by atoms with Crippen molar-refractivity contribution < 1.29 is 18.0 Å². The average Bonchev–Trinajstić information content (AvgIpc) is 2.61. The molecular weight excluding hydrogens is 367 g/mol. The Balaban J connectivity index is 2.03. The van der Waals surface area contributed by atoms with Crippen LogP contribution >= 0.6 is 0 Å². The zero-order valence-electron chi connectivity index (χ0n) is 14.6. The van der Waals surface area contributed by atoms with Gasteiger partial charge in [-0.25, -0.2) is 14.8 Å². The fourth-order valence-electron chi connectivity index (χ4n) is 3.00. The molecule has 0 atom stereocenters. The molecule has 0 aliphatic heterocycles. The molecule has 0 fully saturated rings. The maximum absolute atomic E-state index is 13.3. The van der Waals surface area contributed by atoms with Crippen LogP contribution in [0.2, 0.25) is 0 Å². The lowest BCUT2D eigenvalue weighted by Crippen LogP contribution is -2.40. The first kappa shape index (κ1) is 18.8. The van der Waals surface area contributed by atoms with Crippen LogP contribution in [0.3, 0.4) is 0 Å². The number of alkyl halides is 3. The van der Waals surface area contributed by atoms with Gasteiger partial charge in [0.25, 0.3) is 11.5 Å². The van der Waals surface area contributed by atoms with Crippen LogP contribution in [0.5, 0.6) is 0 Å². The molecule has 1 N–H and O–H groups in total. The van der Waals surface area contributed by atoms with E-state index in [4.69, 9.17) is 0 Å². The van der Waals surface area contributed by atoms with E-state index in [1.54, 1.807) is 0 Å². The van der Waals surface area contributed by atoms with Crippen LogP contribution in [-0.4, -0.2) is 25.0 Å². The highest BCUT2D eigenvalue weighted by molar-refractivity contribution is 6.02. The zero-order valence-corrected chi connectivity index (χ0v) is 14.6. The predicted octanol–water partition coefficient (Wildman–Crippen LogP) is 1.02. The predicted molar refractivity (Wildman–Crippen MR) is 88.6 cm³/mol. The summed E-state index contributed by atoms with van der Waals surface area (Å²) in [5.41, 5.74) is -2.54. The minimum atomic E-state index is -4.68. The lowest BCUT2D eigenvalue weighted by Gasteiger charge is -2.20. The van der Waals surface area contributed by atoms with Crippen LogP contribution in [0.25, 0.3) is 0 Å². The van der Waals surface area contributed by atoms with Gasteiger partial charge in [-0.05, 0) is 25.7 Å². The molecule has 2 aromatic rings. The number of nitrogens with one attached hydrogen (secondary N) is 1. The van der Waals surface area contributed by atoms with Gasteiger partial charge in [0.2, 0.25) is 5.95 Å². The molecule has 0 unspecified atom stereocenters. The molecule has 0 bridgehead atoms. The number of aryl methyl sites for hydroxylation is 1. The number of hydrogen-bond donors (Lipinski definition) is 1. The number of halogens is 3. The van der Waals surface area contributed by atoms with Crippen molar-refractivity contribution >= 4 is 11.9 Å². The van der Waals surface area contributed by atoms with E-state index in [0.29, 0.717) is 19.3 Å². The summed E-state index contributed by atoms with van der Waals surface area (Å²) in [6, 6.07) is 0.916. The van der Waals surface area contributed by atoms with E-state index in [0.717, 1.165) is 15.2 Å². The van der Waals surface area contributed by atoms with Crippen LogP contribution in [0.4, 0.5) is 19.1 Å². The van der Waals surface area contributed by atoms with E-state index >= 15 is 0 Å². The Morgan fingerprint density at radius 3 is 2.44 bits per heavy atom. The van der Waals surface area contributed by atoms with E-state index in [-0.39, 0.29) is 23.4 Å². The van der Waals surface area contributed by atoms with Crippen LogP contribution in [-0.2, 0) is 33.1 Å². The fraction of sp³-hybridized carbons (Fsp3) is 0.438. The summed E-state index contributed by atoms with van der Waals surface area (Å²) in [5.74, 6) is -1.46. The highest BCUT2D eigenvalue weighted by Crippen LogP contribution is 2.35. The number of hydrogen-bond acceptors (Lipinski definition) is 5. The second kappa shape index (κ2) is 6.63. The second-order valence-corrected chi connectivity index (χ2v) is 6.25. The SMILES string of the molecule is Cn1c(C(=O)Nc2nc3c(c(C(F)(F)F)n2)CCCC3)cc(=O)n(C)c1=O. The van der Waals surface area contributed by atoms with Gasteiger partial charge in [-0.2, -0.15) is 13.2 Å². The van der Waals surface area contributed by atoms with Crippen molar-refractivity contribution in [2.24, 2.45) is 14.1 Å². The third-order valence-electron chi connectivity index (χ3n) is 4.44. The van der Waals surface area contributed by atoms with E-state index < -0.39 is 35.0 Å². The van der Waals surface area contributed by atoms with Gasteiger partial charge in [-0.1, -0.05) is 0 Å². The lowest BCUT2D eigenvalue weighted by atomic mass is 9.94.